The highest BCUT2D eigenvalue weighted by molar-refractivity contribution is 5.70. The van der Waals surface area contributed by atoms with Gasteiger partial charge >= 0.3 is 0 Å². The molecule has 2 aliphatic rings. The molecule has 2 aliphatic carbocycles. The molecule has 0 spiro atoms. The van der Waals surface area contributed by atoms with Crippen molar-refractivity contribution in [1.82, 2.24) is 0 Å². The predicted molar refractivity (Wildman–Crippen MR) is 56.7 cm³/mol. The molecule has 65 valence electrons. The van der Waals surface area contributed by atoms with Crippen LogP contribution in [0.2, 0.25) is 0 Å². The van der Waals surface area contributed by atoms with Crippen molar-refractivity contribution in [1.29, 1.82) is 0 Å². The molecule has 0 saturated heterocycles. The van der Waals surface area contributed by atoms with Crippen LogP contribution < -0.4 is 0 Å². The monoisotopic (exact) mass is 169 g/mol. The molecule has 0 N–H and O–H groups in total. The Morgan fingerprint density at radius 2 is 1.77 bits per heavy atom. The summed E-state index contributed by atoms with van der Waals surface area (Å²) in [7, 11) is 0. The topological polar surface area (TPSA) is 0 Å². The molecule has 0 bridgehead atoms. The van der Waals surface area contributed by atoms with Gasteiger partial charge in [0.25, 0.3) is 0 Å². The molecular formula is C13H13. The van der Waals surface area contributed by atoms with Crippen LogP contribution in [0.3, 0.4) is 0 Å². The standard InChI is InChI=1S/C13H13/c1-2-6-11-9-10-12-7-4-3-5-8-13(11)12/h3-5,7-10H,1-2,6H2. The molecule has 1 radical (unpaired) electrons. The van der Waals surface area contributed by atoms with Gasteiger partial charge in [-0.1, -0.05) is 49.4 Å². The summed E-state index contributed by atoms with van der Waals surface area (Å²) in [5, 5.41) is 0. The van der Waals surface area contributed by atoms with Gasteiger partial charge in [-0.25, -0.2) is 0 Å². The molecule has 0 fully saturated rings. The summed E-state index contributed by atoms with van der Waals surface area (Å²) in [6.07, 6.45) is 2.05. The quantitative estimate of drug-likeness (QED) is 0.644. The van der Waals surface area contributed by atoms with Gasteiger partial charge < -0.3 is 0 Å². The fourth-order valence-corrected chi connectivity index (χ4v) is 1.69. The summed E-state index contributed by atoms with van der Waals surface area (Å²) in [6.45, 7) is 3.88. The smallest absolute Gasteiger partial charge is 0.0152 e. The summed E-state index contributed by atoms with van der Waals surface area (Å²) in [4.78, 5) is 0. The van der Waals surface area contributed by atoms with E-state index in [0.717, 1.165) is 12.8 Å². The Balaban J connectivity index is 2.49. The van der Waals surface area contributed by atoms with Crippen LogP contribution in [0.15, 0.2) is 42.5 Å². The molecule has 0 aromatic heterocycles. The number of hydrogen-bond donors (Lipinski definition) is 0. The van der Waals surface area contributed by atoms with Crippen LogP contribution in [0.4, 0.5) is 0 Å². The third-order valence-corrected chi connectivity index (χ3v) is 2.33. The van der Waals surface area contributed by atoms with Crippen molar-refractivity contribution in [2.75, 3.05) is 0 Å². The molecule has 0 nitrogen and oxygen atoms in total. The van der Waals surface area contributed by atoms with Crippen molar-refractivity contribution >= 4 is 0 Å². The molecule has 0 aromatic carbocycles. The van der Waals surface area contributed by atoms with Gasteiger partial charge in [0.15, 0.2) is 0 Å². The first-order chi connectivity index (χ1) is 6.42. The minimum atomic E-state index is 0.970. The van der Waals surface area contributed by atoms with Crippen LogP contribution >= 0.6 is 0 Å². The van der Waals surface area contributed by atoms with E-state index in [9.17, 15) is 0 Å². The van der Waals surface area contributed by atoms with E-state index in [2.05, 4.69) is 49.4 Å². The first-order valence-electron chi connectivity index (χ1n) is 4.67. The average molecular weight is 169 g/mol. The number of fused-ring (bicyclic) bond motifs is 1. The molecular weight excluding hydrogens is 156 g/mol. The molecule has 0 aromatic rings. The van der Waals surface area contributed by atoms with Crippen LogP contribution in [0.5, 0.6) is 0 Å². The Kier molecular flexibility index (Phi) is 2.31. The zero-order valence-electron chi connectivity index (χ0n) is 7.66. The SMILES string of the molecule is [CH2]CCc1ccc2cccccc1-2. The molecule has 0 aliphatic heterocycles. The Morgan fingerprint density at radius 3 is 2.62 bits per heavy atom. The predicted octanol–water partition coefficient (Wildman–Crippen LogP) is 3.56. The Bertz CT molecular complexity index is 363. The van der Waals surface area contributed by atoms with Crippen molar-refractivity contribution in [3.05, 3.63) is 55.0 Å². The maximum atomic E-state index is 3.88. The van der Waals surface area contributed by atoms with Crippen molar-refractivity contribution in [2.24, 2.45) is 0 Å². The fraction of sp³-hybridized carbons (Fsp3) is 0.154. The van der Waals surface area contributed by atoms with Crippen LogP contribution in [0, 0.1) is 6.92 Å². The first kappa shape index (κ1) is 8.31. The minimum Gasteiger partial charge on any atom is -0.0622 e. The Morgan fingerprint density at radius 1 is 0.923 bits per heavy atom. The van der Waals surface area contributed by atoms with Gasteiger partial charge in [-0.2, -0.15) is 0 Å². The van der Waals surface area contributed by atoms with Crippen LogP contribution in [-0.4, -0.2) is 0 Å². The van der Waals surface area contributed by atoms with E-state index in [1.165, 1.54) is 16.7 Å². The van der Waals surface area contributed by atoms with Gasteiger partial charge in [-0.15, -0.1) is 0 Å². The van der Waals surface area contributed by atoms with Gasteiger partial charge in [0, 0.05) is 0 Å². The molecule has 0 unspecified atom stereocenters. The number of hydrogen-bond acceptors (Lipinski definition) is 0. The van der Waals surface area contributed by atoms with E-state index in [0.29, 0.717) is 0 Å². The second kappa shape index (κ2) is 3.61. The molecule has 0 amide bonds. The molecule has 2 rings (SSSR count). The largest absolute Gasteiger partial charge is 0.0622 e. The van der Waals surface area contributed by atoms with Crippen LogP contribution in [0.25, 0.3) is 11.1 Å². The van der Waals surface area contributed by atoms with Crippen molar-refractivity contribution in [3.8, 4) is 11.1 Å². The first-order valence-corrected chi connectivity index (χ1v) is 4.67. The van der Waals surface area contributed by atoms with E-state index < -0.39 is 0 Å². The zero-order chi connectivity index (χ0) is 9.10. The van der Waals surface area contributed by atoms with Gasteiger partial charge in [0.2, 0.25) is 0 Å². The third-order valence-electron chi connectivity index (χ3n) is 2.33. The fourth-order valence-electron chi connectivity index (χ4n) is 1.69. The number of aryl methyl sites for hydroxylation is 1. The van der Waals surface area contributed by atoms with E-state index in [1.807, 2.05) is 0 Å². The second-order valence-electron chi connectivity index (χ2n) is 3.24. The lowest BCUT2D eigenvalue weighted by Gasteiger charge is -1.97. The second-order valence-corrected chi connectivity index (χ2v) is 3.24. The van der Waals surface area contributed by atoms with Crippen molar-refractivity contribution in [3.63, 3.8) is 0 Å². The van der Waals surface area contributed by atoms with Crippen molar-refractivity contribution in [2.45, 2.75) is 12.8 Å². The maximum absolute atomic E-state index is 3.88. The van der Waals surface area contributed by atoms with Gasteiger partial charge in [0.1, 0.15) is 0 Å². The lowest BCUT2D eigenvalue weighted by molar-refractivity contribution is 1.01. The summed E-state index contributed by atoms with van der Waals surface area (Å²) in [5.74, 6) is 0. The molecule has 0 heterocycles. The van der Waals surface area contributed by atoms with Gasteiger partial charge in [-0.05, 0) is 29.5 Å². The van der Waals surface area contributed by atoms with Crippen LogP contribution in [-0.2, 0) is 6.42 Å². The number of rotatable bonds is 2. The highest BCUT2D eigenvalue weighted by atomic mass is 14.1. The molecule has 0 saturated carbocycles. The van der Waals surface area contributed by atoms with Crippen LogP contribution in [0.1, 0.15) is 12.0 Å². The highest BCUT2D eigenvalue weighted by Crippen LogP contribution is 2.27. The van der Waals surface area contributed by atoms with E-state index in [1.54, 1.807) is 0 Å². The summed E-state index contributed by atoms with van der Waals surface area (Å²) in [6, 6.07) is 15.0. The van der Waals surface area contributed by atoms with Crippen molar-refractivity contribution < 1.29 is 0 Å². The molecule has 0 atom stereocenters. The lowest BCUT2D eigenvalue weighted by Crippen LogP contribution is -1.80. The van der Waals surface area contributed by atoms with Gasteiger partial charge in [0.05, 0.1) is 0 Å². The van der Waals surface area contributed by atoms with E-state index in [-0.39, 0.29) is 0 Å². The third kappa shape index (κ3) is 1.57. The average Bonchev–Trinajstić information content (AvgIpc) is 2.38. The highest BCUT2D eigenvalue weighted by Gasteiger charge is 2.05. The molecule has 13 heavy (non-hydrogen) atoms. The minimum absolute atomic E-state index is 0.970. The summed E-state index contributed by atoms with van der Waals surface area (Å²) < 4.78 is 0. The molecule has 0 heteroatoms. The van der Waals surface area contributed by atoms with E-state index in [4.69, 9.17) is 0 Å². The van der Waals surface area contributed by atoms with E-state index >= 15 is 0 Å². The Labute approximate surface area is 79.6 Å². The Hall–Kier alpha value is -1.30. The zero-order valence-corrected chi connectivity index (χ0v) is 7.66. The summed E-state index contributed by atoms with van der Waals surface area (Å²) in [5.41, 5.74) is 4.11. The summed E-state index contributed by atoms with van der Waals surface area (Å²) >= 11 is 0. The lowest BCUT2D eigenvalue weighted by atomic mass is 10.1. The maximum Gasteiger partial charge on any atom is -0.0152 e. The van der Waals surface area contributed by atoms with Gasteiger partial charge in [-0.3, -0.25) is 0 Å². The normalized spacial score (nSPS) is 10.5.